The van der Waals surface area contributed by atoms with Gasteiger partial charge < -0.3 is 10.1 Å². The lowest BCUT2D eigenvalue weighted by molar-refractivity contribution is 0.137. The van der Waals surface area contributed by atoms with E-state index in [1.165, 1.54) is 24.3 Å². The third kappa shape index (κ3) is 3.00. The molecule has 2 heterocycles. The number of ether oxygens (including phenoxy) is 1. The number of sulfone groups is 1. The molecule has 29 heavy (non-hydrogen) atoms. The summed E-state index contributed by atoms with van der Waals surface area (Å²) in [7, 11) is -4.18. The van der Waals surface area contributed by atoms with E-state index in [0.29, 0.717) is 11.4 Å². The number of hydrogen-bond donors (Lipinski definition) is 1. The van der Waals surface area contributed by atoms with Crippen LogP contribution in [0.2, 0.25) is 5.02 Å². The van der Waals surface area contributed by atoms with E-state index in [2.05, 4.69) is 11.4 Å². The number of nitrogens with one attached hydrogen (secondary N) is 1. The quantitative estimate of drug-likeness (QED) is 0.790. The lowest BCUT2D eigenvalue weighted by Gasteiger charge is -2.49. The highest BCUT2D eigenvalue weighted by Gasteiger charge is 2.59. The number of rotatable bonds is 3. The summed E-state index contributed by atoms with van der Waals surface area (Å²) in [5.74, 6) is -2.03. The summed E-state index contributed by atoms with van der Waals surface area (Å²) in [6.45, 7) is -0.165. The van der Waals surface area contributed by atoms with Gasteiger partial charge in [0.05, 0.1) is 29.0 Å². The van der Waals surface area contributed by atoms with E-state index in [-0.39, 0.29) is 41.7 Å². The van der Waals surface area contributed by atoms with E-state index in [0.717, 1.165) is 12.1 Å². The summed E-state index contributed by atoms with van der Waals surface area (Å²) in [5.41, 5.74) is -0.299. The highest BCUT2D eigenvalue weighted by Crippen LogP contribution is 2.52. The maximum Gasteiger partial charge on any atom is 0.190 e. The summed E-state index contributed by atoms with van der Waals surface area (Å²) < 4.78 is 60.9. The Morgan fingerprint density at radius 2 is 1.90 bits per heavy atom. The van der Waals surface area contributed by atoms with E-state index in [4.69, 9.17) is 21.6 Å². The van der Waals surface area contributed by atoms with E-state index < -0.39 is 32.3 Å². The van der Waals surface area contributed by atoms with Crippen LogP contribution in [0.4, 0.5) is 8.78 Å². The van der Waals surface area contributed by atoms with Crippen LogP contribution in [0.3, 0.4) is 0 Å². The number of benzene rings is 2. The molecule has 0 amide bonds. The van der Waals surface area contributed by atoms with Gasteiger partial charge >= 0.3 is 0 Å². The minimum atomic E-state index is -4.18. The molecule has 0 aliphatic carbocycles. The molecule has 2 aliphatic heterocycles. The zero-order chi connectivity index (χ0) is 20.8. The molecule has 1 N–H and O–H groups in total. The summed E-state index contributed by atoms with van der Waals surface area (Å²) in [6.07, 6.45) is 0.511. The van der Waals surface area contributed by atoms with Crippen molar-refractivity contribution < 1.29 is 21.9 Å². The molecule has 1 fully saturated rings. The molecule has 0 aromatic heterocycles. The molecule has 0 radical (unpaired) electrons. The molecule has 1 saturated heterocycles. The minimum Gasteiger partial charge on any atom is -0.488 e. The van der Waals surface area contributed by atoms with Gasteiger partial charge in [-0.2, -0.15) is 5.26 Å². The van der Waals surface area contributed by atoms with Gasteiger partial charge in [-0.05, 0) is 49.2 Å². The first kappa shape index (κ1) is 20.1. The molecule has 5 nitrogen and oxygen atoms in total. The molecule has 152 valence electrons. The number of nitriles is 1. The number of nitrogens with zero attached hydrogens (tertiary/aromatic N) is 1. The number of fused-ring (bicyclic) bond motifs is 3. The zero-order valence-electron chi connectivity index (χ0n) is 15.2. The molecular formula is C20H17ClF2N2O3S. The summed E-state index contributed by atoms with van der Waals surface area (Å²) >= 11 is 5.90. The van der Waals surface area contributed by atoms with Crippen molar-refractivity contribution in [2.24, 2.45) is 0 Å². The van der Waals surface area contributed by atoms with Gasteiger partial charge in [0, 0.05) is 11.1 Å². The van der Waals surface area contributed by atoms with Crippen molar-refractivity contribution >= 4 is 21.4 Å². The second-order valence-electron chi connectivity index (χ2n) is 7.21. The van der Waals surface area contributed by atoms with E-state index >= 15 is 4.39 Å². The average Bonchev–Trinajstić information content (AvgIpc) is 2.70. The van der Waals surface area contributed by atoms with Gasteiger partial charge in [0.15, 0.2) is 21.4 Å². The van der Waals surface area contributed by atoms with Gasteiger partial charge in [-0.25, -0.2) is 17.2 Å². The monoisotopic (exact) mass is 438 g/mol. The van der Waals surface area contributed by atoms with Gasteiger partial charge in [-0.15, -0.1) is 0 Å². The van der Waals surface area contributed by atoms with Crippen molar-refractivity contribution in [1.29, 1.82) is 5.26 Å². The molecule has 0 saturated carbocycles. The summed E-state index contributed by atoms with van der Waals surface area (Å²) in [4.78, 5) is -0.0380. The Balaban J connectivity index is 1.96. The Kier molecular flexibility index (Phi) is 5.01. The lowest BCUT2D eigenvalue weighted by atomic mass is 9.79. The fourth-order valence-corrected chi connectivity index (χ4v) is 6.73. The van der Waals surface area contributed by atoms with E-state index in [1.807, 2.05) is 0 Å². The Labute approximate surface area is 172 Å². The second-order valence-corrected chi connectivity index (χ2v) is 9.85. The lowest BCUT2D eigenvalue weighted by Crippen LogP contribution is -2.64. The molecule has 2 aromatic carbocycles. The minimum absolute atomic E-state index is 0.0265. The third-order valence-corrected chi connectivity index (χ3v) is 8.48. The fraction of sp³-hybridized carbons (Fsp3) is 0.350. The van der Waals surface area contributed by atoms with Crippen LogP contribution in [0.15, 0.2) is 41.3 Å². The maximum absolute atomic E-state index is 15.0. The number of halogens is 3. The molecule has 2 aromatic rings. The van der Waals surface area contributed by atoms with Crippen LogP contribution in [0.5, 0.6) is 5.75 Å². The van der Waals surface area contributed by atoms with Crippen LogP contribution >= 0.6 is 11.6 Å². The third-order valence-electron chi connectivity index (χ3n) is 5.68. The van der Waals surface area contributed by atoms with Crippen molar-refractivity contribution in [3.8, 4) is 11.8 Å². The van der Waals surface area contributed by atoms with Crippen molar-refractivity contribution in [1.82, 2.24) is 5.32 Å². The first-order valence-electron chi connectivity index (χ1n) is 9.05. The van der Waals surface area contributed by atoms with Crippen molar-refractivity contribution in [2.75, 3.05) is 6.61 Å². The molecule has 2 unspecified atom stereocenters. The summed E-state index contributed by atoms with van der Waals surface area (Å²) in [6, 6.07) is 8.39. The highest BCUT2D eigenvalue weighted by atomic mass is 35.5. The molecule has 0 bridgehead atoms. The molecule has 0 spiro atoms. The predicted molar refractivity (Wildman–Crippen MR) is 102 cm³/mol. The maximum atomic E-state index is 15.0. The largest absolute Gasteiger partial charge is 0.488 e. The first-order chi connectivity index (χ1) is 13.8. The van der Waals surface area contributed by atoms with Gasteiger partial charge in [-0.1, -0.05) is 11.6 Å². The van der Waals surface area contributed by atoms with Gasteiger partial charge in [0.2, 0.25) is 0 Å². The van der Waals surface area contributed by atoms with Crippen LogP contribution < -0.4 is 10.1 Å². The number of hydrogen-bond acceptors (Lipinski definition) is 5. The first-order valence-corrected chi connectivity index (χ1v) is 10.9. The van der Waals surface area contributed by atoms with Crippen molar-refractivity contribution in [3.05, 3.63) is 58.6 Å². The molecule has 4 rings (SSSR count). The Morgan fingerprint density at radius 3 is 2.59 bits per heavy atom. The van der Waals surface area contributed by atoms with Gasteiger partial charge in [0.1, 0.15) is 17.2 Å². The van der Waals surface area contributed by atoms with E-state index in [9.17, 15) is 12.8 Å². The topological polar surface area (TPSA) is 79.2 Å². The molecule has 9 heteroatoms. The Hall–Kier alpha value is -2.21. The van der Waals surface area contributed by atoms with E-state index in [1.54, 1.807) is 0 Å². The average molecular weight is 439 g/mol. The standard InChI is InChI=1S/C20H17ClF2N2O3S/c21-12-1-3-14(4-2-12)29(26,27)20-9-7-13(8-10-24)25-17(20)11-28-19-16(23)6-5-15(22)18(19)20/h1-6,13,17,25H,7-9,11H2/t13-,17?,20?/m0/s1. The fourth-order valence-electron chi connectivity index (χ4n) is 4.33. The van der Waals surface area contributed by atoms with Crippen LogP contribution in [0.1, 0.15) is 24.8 Å². The number of piperidine rings is 1. The second kappa shape index (κ2) is 7.24. The summed E-state index contributed by atoms with van der Waals surface area (Å²) in [5, 5.41) is 12.5. The zero-order valence-corrected chi connectivity index (χ0v) is 16.7. The van der Waals surface area contributed by atoms with Crippen molar-refractivity contribution in [3.63, 3.8) is 0 Å². The highest BCUT2D eigenvalue weighted by molar-refractivity contribution is 7.92. The van der Waals surface area contributed by atoms with Crippen molar-refractivity contribution in [2.45, 2.75) is 41.0 Å². The molecular weight excluding hydrogens is 422 g/mol. The SMILES string of the molecule is N#CC[C@@H]1CCC2(S(=O)(=O)c3ccc(Cl)cc3)c3c(F)ccc(F)c3OCC2N1. The molecule has 2 aliphatic rings. The van der Waals surface area contributed by atoms with Gasteiger partial charge in [-0.3, -0.25) is 0 Å². The van der Waals surface area contributed by atoms with Crippen LogP contribution in [0.25, 0.3) is 0 Å². The normalized spacial score (nSPS) is 26.0. The predicted octanol–water partition coefficient (Wildman–Crippen LogP) is 3.71. The Bertz CT molecular complexity index is 1100. The van der Waals surface area contributed by atoms with Crippen LogP contribution in [-0.4, -0.2) is 27.1 Å². The van der Waals surface area contributed by atoms with Crippen LogP contribution in [0, 0.1) is 23.0 Å². The van der Waals surface area contributed by atoms with Crippen LogP contribution in [-0.2, 0) is 14.6 Å². The smallest absolute Gasteiger partial charge is 0.190 e. The Morgan fingerprint density at radius 1 is 1.21 bits per heavy atom. The van der Waals surface area contributed by atoms with Gasteiger partial charge in [0.25, 0.3) is 0 Å². The molecule has 3 atom stereocenters.